The first kappa shape index (κ1) is 17.6. The van der Waals surface area contributed by atoms with Gasteiger partial charge in [0.1, 0.15) is 15.9 Å². The molecule has 0 fully saturated rings. The number of rotatable bonds is 5. The Labute approximate surface area is 148 Å². The first-order valence-corrected chi connectivity index (χ1v) is 10.3. The van der Waals surface area contributed by atoms with E-state index in [1.807, 2.05) is 66.7 Å². The molecular formula is C19H16O4PS-. The number of ether oxygens (including phenoxy) is 1. The maximum atomic E-state index is 11.6. The molecule has 0 spiro atoms. The van der Waals surface area contributed by atoms with Crippen LogP contribution >= 0.6 is 7.92 Å². The summed E-state index contributed by atoms with van der Waals surface area (Å²) in [6.45, 7) is 0. The summed E-state index contributed by atoms with van der Waals surface area (Å²) in [5.41, 5.74) is 0. The molecule has 6 heteroatoms. The van der Waals surface area contributed by atoms with Crippen molar-refractivity contribution in [1.82, 2.24) is 0 Å². The highest BCUT2D eigenvalue weighted by Crippen LogP contribution is 2.35. The molecule has 25 heavy (non-hydrogen) atoms. The van der Waals surface area contributed by atoms with Gasteiger partial charge in [-0.25, -0.2) is 8.42 Å². The van der Waals surface area contributed by atoms with E-state index < -0.39 is 18.0 Å². The van der Waals surface area contributed by atoms with Crippen LogP contribution in [0.25, 0.3) is 0 Å². The molecule has 0 amide bonds. The van der Waals surface area contributed by atoms with Crippen LogP contribution in [0.1, 0.15) is 0 Å². The van der Waals surface area contributed by atoms with Gasteiger partial charge in [0.15, 0.2) is 0 Å². The Kier molecular flexibility index (Phi) is 5.19. The monoisotopic (exact) mass is 371 g/mol. The van der Waals surface area contributed by atoms with Gasteiger partial charge in [0.2, 0.25) is 0 Å². The van der Waals surface area contributed by atoms with Gasteiger partial charge in [-0.05, 0) is 36.0 Å². The van der Waals surface area contributed by atoms with Crippen LogP contribution < -0.4 is 20.7 Å². The lowest BCUT2D eigenvalue weighted by molar-refractivity contribution is 0.396. The number of hydrogen-bond acceptors (Lipinski definition) is 4. The summed E-state index contributed by atoms with van der Waals surface area (Å²) in [6, 6.07) is 24.5. The molecule has 0 N–H and O–H groups in total. The van der Waals surface area contributed by atoms with Crippen molar-refractivity contribution < 1.29 is 17.7 Å². The van der Waals surface area contributed by atoms with E-state index in [0.29, 0.717) is 0 Å². The zero-order valence-electron chi connectivity index (χ0n) is 13.5. The lowest BCUT2D eigenvalue weighted by Crippen LogP contribution is -2.21. The van der Waals surface area contributed by atoms with Crippen molar-refractivity contribution in [3.8, 4) is 5.75 Å². The average molecular weight is 371 g/mol. The average Bonchev–Trinajstić information content (AvgIpc) is 2.63. The fourth-order valence-electron chi connectivity index (χ4n) is 2.60. The van der Waals surface area contributed by atoms with Crippen LogP contribution in [0.2, 0.25) is 0 Å². The van der Waals surface area contributed by atoms with Gasteiger partial charge in [-0.1, -0.05) is 66.7 Å². The van der Waals surface area contributed by atoms with Crippen molar-refractivity contribution in [1.29, 1.82) is 0 Å². The largest absolute Gasteiger partial charge is 0.744 e. The fourth-order valence-corrected chi connectivity index (χ4v) is 5.67. The summed E-state index contributed by atoms with van der Waals surface area (Å²) in [5.74, 6) is 0.0647. The van der Waals surface area contributed by atoms with Gasteiger partial charge in [-0.15, -0.1) is 0 Å². The topological polar surface area (TPSA) is 66.4 Å². The highest BCUT2D eigenvalue weighted by molar-refractivity contribution is 7.86. The molecule has 0 bridgehead atoms. The summed E-state index contributed by atoms with van der Waals surface area (Å²) in [5, 5.41) is 2.92. The second-order valence-corrected chi connectivity index (χ2v) is 8.86. The van der Waals surface area contributed by atoms with Gasteiger partial charge in [0.25, 0.3) is 0 Å². The van der Waals surface area contributed by atoms with Crippen molar-refractivity contribution in [2.24, 2.45) is 0 Å². The Morgan fingerprint density at radius 1 is 0.800 bits per heavy atom. The fraction of sp³-hybridized carbons (Fsp3) is 0.0526. The molecule has 0 heterocycles. The van der Waals surface area contributed by atoms with Gasteiger partial charge in [-0.3, -0.25) is 0 Å². The summed E-state index contributed by atoms with van der Waals surface area (Å²) in [6.07, 6.45) is 0. The smallest absolute Gasteiger partial charge is 0.136 e. The maximum absolute atomic E-state index is 11.6. The first-order chi connectivity index (χ1) is 12.0. The molecule has 0 aliphatic carbocycles. The van der Waals surface area contributed by atoms with Crippen LogP contribution in [0.3, 0.4) is 0 Å². The number of benzene rings is 3. The molecule has 128 valence electrons. The predicted molar refractivity (Wildman–Crippen MR) is 99.7 cm³/mol. The maximum Gasteiger partial charge on any atom is 0.136 e. The summed E-state index contributed by atoms with van der Waals surface area (Å²) in [7, 11) is -4.27. The van der Waals surface area contributed by atoms with E-state index in [2.05, 4.69) is 0 Å². The highest BCUT2D eigenvalue weighted by atomic mass is 32.2. The van der Waals surface area contributed by atoms with E-state index in [9.17, 15) is 13.0 Å². The molecule has 0 aliphatic heterocycles. The minimum absolute atomic E-state index is 0.0647. The molecule has 0 saturated carbocycles. The van der Waals surface area contributed by atoms with Crippen LogP contribution in [0, 0.1) is 0 Å². The summed E-state index contributed by atoms with van der Waals surface area (Å²) >= 11 is 0. The lowest BCUT2D eigenvalue weighted by Gasteiger charge is -2.21. The van der Waals surface area contributed by atoms with Gasteiger partial charge >= 0.3 is 0 Å². The minimum atomic E-state index is -4.63. The molecule has 0 saturated heterocycles. The second kappa shape index (κ2) is 7.36. The van der Waals surface area contributed by atoms with E-state index in [4.69, 9.17) is 4.74 Å². The van der Waals surface area contributed by atoms with Gasteiger partial charge in [0, 0.05) is 0 Å². The second-order valence-electron chi connectivity index (χ2n) is 5.30. The Morgan fingerprint density at radius 2 is 1.32 bits per heavy atom. The summed E-state index contributed by atoms with van der Waals surface area (Å²) in [4.78, 5) is -0.327. The number of methoxy groups -OCH3 is 1. The standard InChI is InChI=1S/C19H17O4PS/c1-23-18-13-12-17(14-19(18)25(20,21)22)24(15-8-4-2-5-9-15)16-10-6-3-7-11-16/h2-14H,1H3,(H,20,21,22)/p-1. The normalized spacial score (nSPS) is 11.5. The molecule has 4 nitrogen and oxygen atoms in total. The molecule has 0 atom stereocenters. The van der Waals surface area contributed by atoms with Crippen molar-refractivity contribution in [3.63, 3.8) is 0 Å². The van der Waals surface area contributed by atoms with E-state index in [1.54, 1.807) is 6.07 Å². The molecule has 0 unspecified atom stereocenters. The quantitative estimate of drug-likeness (QED) is 0.510. The molecule has 0 aromatic heterocycles. The Bertz CT molecular complexity index is 918. The van der Waals surface area contributed by atoms with Crippen LogP contribution in [-0.2, 0) is 10.1 Å². The Morgan fingerprint density at radius 3 is 1.76 bits per heavy atom. The minimum Gasteiger partial charge on any atom is -0.744 e. The molecule has 0 radical (unpaired) electrons. The van der Waals surface area contributed by atoms with E-state index >= 15 is 0 Å². The molecule has 3 aromatic rings. The van der Waals surface area contributed by atoms with E-state index in [1.165, 1.54) is 13.2 Å². The molecular weight excluding hydrogens is 355 g/mol. The van der Waals surface area contributed by atoms with E-state index in [0.717, 1.165) is 15.9 Å². The third-order valence-electron chi connectivity index (χ3n) is 3.70. The lowest BCUT2D eigenvalue weighted by atomic mass is 10.3. The van der Waals surface area contributed by atoms with Crippen LogP contribution in [0.5, 0.6) is 5.75 Å². The zero-order valence-corrected chi connectivity index (χ0v) is 15.2. The first-order valence-electron chi connectivity index (χ1n) is 7.55. The van der Waals surface area contributed by atoms with E-state index in [-0.39, 0.29) is 10.6 Å². The van der Waals surface area contributed by atoms with Gasteiger partial charge in [0.05, 0.1) is 12.0 Å². The third kappa shape index (κ3) is 3.90. The third-order valence-corrected chi connectivity index (χ3v) is 6.98. The van der Waals surface area contributed by atoms with Crippen LogP contribution in [-0.4, -0.2) is 20.1 Å². The SMILES string of the molecule is COc1ccc(P(c2ccccc2)c2ccccc2)cc1S(=O)(=O)[O-]. The Hall–Kier alpha value is -2.20. The van der Waals surface area contributed by atoms with Crippen LogP contribution in [0.4, 0.5) is 0 Å². The molecule has 3 aromatic carbocycles. The highest BCUT2D eigenvalue weighted by Gasteiger charge is 2.19. The number of hydrogen-bond donors (Lipinski definition) is 0. The van der Waals surface area contributed by atoms with Crippen molar-refractivity contribution in [2.75, 3.05) is 7.11 Å². The summed E-state index contributed by atoms with van der Waals surface area (Å²) < 4.78 is 39.9. The van der Waals surface area contributed by atoms with Crippen LogP contribution in [0.15, 0.2) is 83.8 Å². The van der Waals surface area contributed by atoms with Crippen molar-refractivity contribution >= 4 is 34.0 Å². The Balaban J connectivity index is 2.21. The molecule has 3 rings (SSSR count). The zero-order chi connectivity index (χ0) is 17.9. The van der Waals surface area contributed by atoms with Crippen molar-refractivity contribution in [3.05, 3.63) is 78.9 Å². The van der Waals surface area contributed by atoms with Gasteiger partial charge < -0.3 is 9.29 Å². The predicted octanol–water partition coefficient (Wildman–Crippen LogP) is 2.36. The van der Waals surface area contributed by atoms with Gasteiger partial charge in [-0.2, -0.15) is 0 Å². The molecule has 0 aliphatic rings. The van der Waals surface area contributed by atoms with Crippen molar-refractivity contribution in [2.45, 2.75) is 4.90 Å².